The molecule has 0 saturated heterocycles. The molecule has 0 aliphatic carbocycles. The number of nitrogens with one attached hydrogen (secondary N) is 1. The minimum Gasteiger partial charge on any atom is -0.507 e. The minimum absolute atomic E-state index is 0.0745. The largest absolute Gasteiger partial charge is 0.507 e. The van der Waals surface area contributed by atoms with Gasteiger partial charge < -0.3 is 16.2 Å². The molecule has 5 heteroatoms. The lowest BCUT2D eigenvalue weighted by atomic mass is 10.1. The van der Waals surface area contributed by atoms with Crippen molar-refractivity contribution in [3.8, 4) is 5.75 Å². The summed E-state index contributed by atoms with van der Waals surface area (Å²) in [5.41, 5.74) is 9.11. The first-order valence-electron chi connectivity index (χ1n) is 6.05. The number of amides is 1. The van der Waals surface area contributed by atoms with Gasteiger partial charge in [-0.2, -0.15) is 0 Å². The Morgan fingerprint density at radius 2 is 1.95 bits per heavy atom. The van der Waals surface area contributed by atoms with Crippen LogP contribution in [0.5, 0.6) is 5.75 Å². The van der Waals surface area contributed by atoms with Crippen molar-refractivity contribution >= 4 is 33.2 Å². The van der Waals surface area contributed by atoms with Gasteiger partial charge in [-0.1, -0.05) is 22.0 Å². The topological polar surface area (TPSA) is 75.3 Å². The van der Waals surface area contributed by atoms with Crippen LogP contribution in [-0.4, -0.2) is 11.0 Å². The predicted molar refractivity (Wildman–Crippen MR) is 84.1 cm³/mol. The molecule has 0 bridgehead atoms. The van der Waals surface area contributed by atoms with Crippen molar-refractivity contribution in [2.24, 2.45) is 0 Å². The highest BCUT2D eigenvalue weighted by atomic mass is 79.9. The number of nitrogens with two attached hydrogens (primary N) is 1. The average molecular weight is 335 g/mol. The number of carbonyl (C=O) groups is 1. The van der Waals surface area contributed by atoms with Crippen molar-refractivity contribution in [3.05, 3.63) is 51.5 Å². The zero-order valence-corrected chi connectivity index (χ0v) is 12.8. The van der Waals surface area contributed by atoms with Gasteiger partial charge in [-0.15, -0.1) is 0 Å². The van der Waals surface area contributed by atoms with E-state index in [0.29, 0.717) is 11.4 Å². The number of rotatable bonds is 2. The van der Waals surface area contributed by atoms with E-state index in [1.165, 1.54) is 6.07 Å². The molecule has 0 fully saturated rings. The summed E-state index contributed by atoms with van der Waals surface area (Å²) >= 11 is 3.27. The van der Waals surface area contributed by atoms with Crippen LogP contribution in [0.2, 0.25) is 0 Å². The van der Waals surface area contributed by atoms with E-state index >= 15 is 0 Å². The third-order valence-electron chi connectivity index (χ3n) is 3.21. The third kappa shape index (κ3) is 2.77. The molecule has 2 aromatic rings. The van der Waals surface area contributed by atoms with Crippen LogP contribution >= 0.6 is 15.9 Å². The third-order valence-corrected chi connectivity index (χ3v) is 3.70. The Balaban J connectivity index is 2.38. The van der Waals surface area contributed by atoms with Crippen LogP contribution in [0, 0.1) is 13.8 Å². The number of carbonyl (C=O) groups excluding carboxylic acids is 1. The first-order chi connectivity index (χ1) is 9.40. The highest BCUT2D eigenvalue weighted by Gasteiger charge is 2.15. The standard InChI is InChI=1S/C15H15BrN2O2/c1-8-3-5-12(17)14(9(8)2)18-15(20)11-7-10(16)4-6-13(11)19/h3-7,19H,17H2,1-2H3,(H,18,20). The van der Waals surface area contributed by atoms with Gasteiger partial charge in [-0.05, 0) is 49.2 Å². The van der Waals surface area contributed by atoms with Crippen LogP contribution in [0.4, 0.5) is 11.4 Å². The molecule has 0 saturated carbocycles. The molecular formula is C15H15BrN2O2. The minimum atomic E-state index is -0.399. The number of phenols is 1. The van der Waals surface area contributed by atoms with Crippen LogP contribution < -0.4 is 11.1 Å². The molecule has 2 rings (SSSR count). The number of aromatic hydroxyl groups is 1. The quantitative estimate of drug-likeness (QED) is 0.734. The van der Waals surface area contributed by atoms with Crippen LogP contribution in [0.25, 0.3) is 0 Å². The van der Waals surface area contributed by atoms with E-state index in [4.69, 9.17) is 5.73 Å². The second-order valence-corrected chi connectivity index (χ2v) is 5.50. The number of hydrogen-bond donors (Lipinski definition) is 3. The summed E-state index contributed by atoms with van der Waals surface area (Å²) in [6.45, 7) is 3.84. The van der Waals surface area contributed by atoms with Gasteiger partial charge in [0.1, 0.15) is 5.75 Å². The van der Waals surface area contributed by atoms with Crippen molar-refractivity contribution in [3.63, 3.8) is 0 Å². The van der Waals surface area contributed by atoms with Gasteiger partial charge in [-0.25, -0.2) is 0 Å². The van der Waals surface area contributed by atoms with Crippen LogP contribution in [0.15, 0.2) is 34.8 Å². The van der Waals surface area contributed by atoms with E-state index < -0.39 is 5.91 Å². The molecule has 0 heterocycles. The summed E-state index contributed by atoms with van der Waals surface area (Å²) in [6, 6.07) is 8.34. The number of aryl methyl sites for hydroxylation is 1. The lowest BCUT2D eigenvalue weighted by Crippen LogP contribution is -2.15. The molecule has 1 amide bonds. The Kier molecular flexibility index (Phi) is 3.99. The van der Waals surface area contributed by atoms with E-state index in [-0.39, 0.29) is 11.3 Å². The molecule has 0 aromatic heterocycles. The van der Waals surface area contributed by atoms with Crippen molar-refractivity contribution in [1.82, 2.24) is 0 Å². The second-order valence-electron chi connectivity index (χ2n) is 4.59. The molecule has 0 atom stereocenters. The summed E-state index contributed by atoms with van der Waals surface area (Å²) < 4.78 is 0.717. The molecule has 2 aromatic carbocycles. The smallest absolute Gasteiger partial charge is 0.259 e. The summed E-state index contributed by atoms with van der Waals surface area (Å²) in [4.78, 5) is 12.3. The van der Waals surface area contributed by atoms with E-state index in [9.17, 15) is 9.90 Å². The van der Waals surface area contributed by atoms with Gasteiger partial charge >= 0.3 is 0 Å². The van der Waals surface area contributed by atoms with E-state index in [1.54, 1.807) is 18.2 Å². The van der Waals surface area contributed by atoms with E-state index in [1.807, 2.05) is 19.9 Å². The summed E-state index contributed by atoms with van der Waals surface area (Å²) in [5.74, 6) is -0.473. The molecule has 20 heavy (non-hydrogen) atoms. The van der Waals surface area contributed by atoms with Gasteiger partial charge in [-0.3, -0.25) is 4.79 Å². The Hall–Kier alpha value is -2.01. The molecule has 0 radical (unpaired) electrons. The Morgan fingerprint density at radius 1 is 1.25 bits per heavy atom. The lowest BCUT2D eigenvalue weighted by molar-refractivity contribution is 0.102. The average Bonchev–Trinajstić information content (AvgIpc) is 2.41. The first-order valence-corrected chi connectivity index (χ1v) is 6.85. The van der Waals surface area contributed by atoms with E-state index in [2.05, 4.69) is 21.2 Å². The van der Waals surface area contributed by atoms with Crippen LogP contribution in [0.1, 0.15) is 21.5 Å². The summed E-state index contributed by atoms with van der Waals surface area (Å²) in [5, 5.41) is 12.5. The normalized spacial score (nSPS) is 10.3. The van der Waals surface area contributed by atoms with Crippen molar-refractivity contribution < 1.29 is 9.90 Å². The second kappa shape index (κ2) is 5.54. The summed E-state index contributed by atoms with van der Waals surface area (Å²) in [7, 11) is 0. The Labute approximate surface area is 125 Å². The van der Waals surface area contributed by atoms with Crippen molar-refractivity contribution in [1.29, 1.82) is 0 Å². The van der Waals surface area contributed by atoms with Gasteiger partial charge in [0.15, 0.2) is 0 Å². The van der Waals surface area contributed by atoms with Crippen LogP contribution in [-0.2, 0) is 0 Å². The molecule has 0 unspecified atom stereocenters. The molecule has 104 valence electrons. The fourth-order valence-corrected chi connectivity index (χ4v) is 2.23. The highest BCUT2D eigenvalue weighted by molar-refractivity contribution is 9.10. The zero-order chi connectivity index (χ0) is 14.9. The molecular weight excluding hydrogens is 320 g/mol. The lowest BCUT2D eigenvalue weighted by Gasteiger charge is -2.14. The maximum atomic E-state index is 12.3. The first kappa shape index (κ1) is 14.4. The zero-order valence-electron chi connectivity index (χ0n) is 11.2. The Bertz CT molecular complexity index is 684. The molecule has 0 aliphatic rings. The Morgan fingerprint density at radius 3 is 2.65 bits per heavy atom. The maximum Gasteiger partial charge on any atom is 0.259 e. The number of benzene rings is 2. The SMILES string of the molecule is Cc1ccc(N)c(NC(=O)c2cc(Br)ccc2O)c1C. The molecule has 0 aliphatic heterocycles. The fourth-order valence-electron chi connectivity index (χ4n) is 1.87. The molecule has 0 spiro atoms. The maximum absolute atomic E-state index is 12.3. The molecule has 4 N–H and O–H groups in total. The number of nitrogen functional groups attached to an aromatic ring is 1. The number of phenolic OH excluding ortho intramolecular Hbond substituents is 1. The number of anilines is 2. The monoisotopic (exact) mass is 334 g/mol. The molecule has 4 nitrogen and oxygen atoms in total. The van der Waals surface area contributed by atoms with Gasteiger partial charge in [0.05, 0.1) is 16.9 Å². The number of halogens is 1. The predicted octanol–water partition coefficient (Wildman–Crippen LogP) is 3.61. The van der Waals surface area contributed by atoms with Gasteiger partial charge in [0, 0.05) is 4.47 Å². The van der Waals surface area contributed by atoms with Gasteiger partial charge in [0.25, 0.3) is 5.91 Å². The summed E-state index contributed by atoms with van der Waals surface area (Å²) in [6.07, 6.45) is 0. The van der Waals surface area contributed by atoms with Crippen molar-refractivity contribution in [2.75, 3.05) is 11.1 Å². The van der Waals surface area contributed by atoms with Crippen molar-refractivity contribution in [2.45, 2.75) is 13.8 Å². The van der Waals surface area contributed by atoms with Crippen LogP contribution in [0.3, 0.4) is 0 Å². The number of hydrogen-bond acceptors (Lipinski definition) is 3. The fraction of sp³-hybridized carbons (Fsp3) is 0.133. The highest BCUT2D eigenvalue weighted by Crippen LogP contribution is 2.28. The van der Waals surface area contributed by atoms with E-state index in [0.717, 1.165) is 15.6 Å². The van der Waals surface area contributed by atoms with Gasteiger partial charge in [0.2, 0.25) is 0 Å².